The summed E-state index contributed by atoms with van der Waals surface area (Å²) in [5.74, 6) is 0. The smallest absolute Gasteiger partial charge is 0.116 e. The lowest BCUT2D eigenvalue weighted by molar-refractivity contribution is -0.0426. The van der Waals surface area contributed by atoms with Crippen LogP contribution in [0.1, 0.15) is 13.8 Å². The Morgan fingerprint density at radius 3 is 2.50 bits per heavy atom. The van der Waals surface area contributed by atoms with Crippen LogP contribution in [0.4, 0.5) is 0 Å². The van der Waals surface area contributed by atoms with Gasteiger partial charge in [0, 0.05) is 0 Å². The van der Waals surface area contributed by atoms with Gasteiger partial charge in [0.05, 0.1) is 19.3 Å². The van der Waals surface area contributed by atoms with Gasteiger partial charge in [0.2, 0.25) is 0 Å². The Hall–Kier alpha value is -0.120. The molecule has 3 nitrogen and oxygen atoms in total. The average molecular weight is 145 g/mol. The van der Waals surface area contributed by atoms with Gasteiger partial charge in [-0.05, 0) is 20.9 Å². The summed E-state index contributed by atoms with van der Waals surface area (Å²) in [4.78, 5) is 2.05. The molecule has 0 aromatic rings. The molecule has 1 heterocycles. The van der Waals surface area contributed by atoms with Crippen molar-refractivity contribution < 1.29 is 9.84 Å². The minimum Gasteiger partial charge on any atom is -0.395 e. The number of rotatable bonds is 1. The molecule has 1 saturated heterocycles. The van der Waals surface area contributed by atoms with Gasteiger partial charge in [-0.3, -0.25) is 4.90 Å². The highest BCUT2D eigenvalue weighted by Crippen LogP contribution is 2.24. The van der Waals surface area contributed by atoms with Crippen molar-refractivity contribution in [2.75, 3.05) is 20.3 Å². The molecule has 10 heavy (non-hydrogen) atoms. The monoisotopic (exact) mass is 145 g/mol. The Balaban J connectivity index is 2.58. The summed E-state index contributed by atoms with van der Waals surface area (Å²) in [7, 11) is 1.97. The molecule has 1 unspecified atom stereocenters. The van der Waals surface area contributed by atoms with Crippen molar-refractivity contribution >= 4 is 0 Å². The molecule has 0 radical (unpaired) electrons. The molecule has 0 amide bonds. The van der Waals surface area contributed by atoms with Crippen LogP contribution < -0.4 is 0 Å². The van der Waals surface area contributed by atoms with Crippen LogP contribution in [0.15, 0.2) is 0 Å². The first-order valence-corrected chi connectivity index (χ1v) is 3.55. The van der Waals surface area contributed by atoms with Crippen molar-refractivity contribution in [3.05, 3.63) is 0 Å². The van der Waals surface area contributed by atoms with E-state index in [1.807, 2.05) is 25.8 Å². The lowest BCUT2D eigenvalue weighted by Crippen LogP contribution is -2.41. The molecule has 1 fully saturated rings. The molecule has 0 spiro atoms. The van der Waals surface area contributed by atoms with Crippen LogP contribution in [0.5, 0.6) is 0 Å². The van der Waals surface area contributed by atoms with E-state index in [1.165, 1.54) is 0 Å². The van der Waals surface area contributed by atoms with Gasteiger partial charge in [-0.1, -0.05) is 0 Å². The topological polar surface area (TPSA) is 32.7 Å². The summed E-state index contributed by atoms with van der Waals surface area (Å²) in [6.07, 6.45) is 0. The maximum Gasteiger partial charge on any atom is 0.116 e. The van der Waals surface area contributed by atoms with Gasteiger partial charge in [-0.2, -0.15) is 0 Å². The Morgan fingerprint density at radius 2 is 2.30 bits per heavy atom. The van der Waals surface area contributed by atoms with Gasteiger partial charge in [0.1, 0.15) is 5.72 Å². The van der Waals surface area contributed by atoms with Crippen LogP contribution in [0.3, 0.4) is 0 Å². The van der Waals surface area contributed by atoms with E-state index in [4.69, 9.17) is 9.84 Å². The summed E-state index contributed by atoms with van der Waals surface area (Å²) < 4.78 is 5.42. The minimum atomic E-state index is -0.201. The van der Waals surface area contributed by atoms with Gasteiger partial charge < -0.3 is 9.84 Å². The summed E-state index contributed by atoms with van der Waals surface area (Å²) in [5.41, 5.74) is -0.201. The van der Waals surface area contributed by atoms with Crippen LogP contribution >= 0.6 is 0 Å². The Bertz CT molecular complexity index is 125. The second kappa shape index (κ2) is 2.49. The lowest BCUT2D eigenvalue weighted by atomic mass is 10.2. The van der Waals surface area contributed by atoms with Crippen molar-refractivity contribution in [2.45, 2.75) is 25.6 Å². The van der Waals surface area contributed by atoms with E-state index >= 15 is 0 Å². The standard InChI is InChI=1S/C7H15NO2/c1-7(2)8(3)6(4-9)5-10-7/h6,9H,4-5H2,1-3H3. The number of nitrogens with zero attached hydrogens (tertiary/aromatic N) is 1. The third kappa shape index (κ3) is 1.17. The van der Waals surface area contributed by atoms with E-state index < -0.39 is 0 Å². The van der Waals surface area contributed by atoms with Gasteiger partial charge in [0.15, 0.2) is 0 Å². The number of hydrogen-bond acceptors (Lipinski definition) is 3. The molecule has 60 valence electrons. The third-order valence-electron chi connectivity index (χ3n) is 2.24. The Labute approximate surface area is 61.6 Å². The quantitative estimate of drug-likeness (QED) is 0.565. The van der Waals surface area contributed by atoms with Crippen LogP contribution in [0, 0.1) is 0 Å². The molecule has 0 aromatic carbocycles. The molecule has 1 N–H and O–H groups in total. The molecule has 1 atom stereocenters. The number of aliphatic hydroxyl groups excluding tert-OH is 1. The molecule has 0 aliphatic carbocycles. The van der Waals surface area contributed by atoms with Crippen molar-refractivity contribution in [3.63, 3.8) is 0 Å². The maximum atomic E-state index is 8.85. The van der Waals surface area contributed by atoms with Crippen LogP contribution in [0.25, 0.3) is 0 Å². The fourth-order valence-corrected chi connectivity index (χ4v) is 1.13. The molecule has 1 aliphatic rings. The zero-order valence-electron chi connectivity index (χ0n) is 6.79. The van der Waals surface area contributed by atoms with Crippen LogP contribution in [0.2, 0.25) is 0 Å². The number of hydrogen-bond donors (Lipinski definition) is 1. The lowest BCUT2D eigenvalue weighted by Gasteiger charge is -2.28. The third-order valence-corrected chi connectivity index (χ3v) is 2.24. The van der Waals surface area contributed by atoms with Crippen LogP contribution in [-0.2, 0) is 4.74 Å². The van der Waals surface area contributed by atoms with Gasteiger partial charge in [-0.25, -0.2) is 0 Å². The fraction of sp³-hybridized carbons (Fsp3) is 1.00. The molecule has 0 bridgehead atoms. The highest BCUT2D eigenvalue weighted by Gasteiger charge is 2.36. The highest BCUT2D eigenvalue weighted by atomic mass is 16.5. The largest absolute Gasteiger partial charge is 0.395 e. The Morgan fingerprint density at radius 1 is 1.70 bits per heavy atom. The summed E-state index contributed by atoms with van der Waals surface area (Å²) >= 11 is 0. The van der Waals surface area contributed by atoms with Gasteiger partial charge in [-0.15, -0.1) is 0 Å². The normalized spacial score (nSPS) is 33.0. The first-order chi connectivity index (χ1) is 4.58. The summed E-state index contributed by atoms with van der Waals surface area (Å²) in [6.45, 7) is 4.82. The minimum absolute atomic E-state index is 0.176. The van der Waals surface area contributed by atoms with E-state index in [0.29, 0.717) is 6.61 Å². The zero-order chi connectivity index (χ0) is 7.78. The zero-order valence-corrected chi connectivity index (χ0v) is 6.79. The predicted octanol–water partition coefficient (Wildman–Crippen LogP) is 0.0454. The van der Waals surface area contributed by atoms with Crippen LogP contribution in [-0.4, -0.2) is 42.0 Å². The SMILES string of the molecule is CN1C(CO)COC1(C)C. The summed E-state index contributed by atoms with van der Waals surface area (Å²) in [5, 5.41) is 8.85. The van der Waals surface area contributed by atoms with Crippen molar-refractivity contribution in [3.8, 4) is 0 Å². The number of likely N-dealkylation sites (N-methyl/N-ethyl adjacent to an activating group) is 1. The molecule has 1 aliphatic heterocycles. The number of aliphatic hydroxyl groups is 1. The second-order valence-electron chi connectivity index (χ2n) is 3.21. The molecule has 0 aromatic heterocycles. The van der Waals surface area contributed by atoms with Gasteiger partial charge in [0.25, 0.3) is 0 Å². The Kier molecular flexibility index (Phi) is 1.99. The second-order valence-corrected chi connectivity index (χ2v) is 3.21. The molecular weight excluding hydrogens is 130 g/mol. The maximum absolute atomic E-state index is 8.85. The molecule has 1 rings (SSSR count). The van der Waals surface area contributed by atoms with Crippen molar-refractivity contribution in [1.82, 2.24) is 4.90 Å². The molecule has 0 saturated carbocycles. The first kappa shape index (κ1) is 7.98. The van der Waals surface area contributed by atoms with E-state index in [-0.39, 0.29) is 18.4 Å². The van der Waals surface area contributed by atoms with Gasteiger partial charge >= 0.3 is 0 Å². The number of ether oxygens (including phenoxy) is 1. The van der Waals surface area contributed by atoms with E-state index in [1.54, 1.807) is 0 Å². The average Bonchev–Trinajstić information content (AvgIpc) is 2.10. The summed E-state index contributed by atoms with van der Waals surface area (Å²) in [6, 6.07) is 0.176. The van der Waals surface area contributed by atoms with Crippen molar-refractivity contribution in [1.29, 1.82) is 0 Å². The molecular formula is C7H15NO2. The first-order valence-electron chi connectivity index (χ1n) is 3.55. The fourth-order valence-electron chi connectivity index (χ4n) is 1.13. The predicted molar refractivity (Wildman–Crippen MR) is 38.7 cm³/mol. The highest BCUT2D eigenvalue weighted by molar-refractivity contribution is 4.83. The molecule has 3 heteroatoms. The van der Waals surface area contributed by atoms with E-state index in [2.05, 4.69) is 0 Å². The van der Waals surface area contributed by atoms with E-state index in [0.717, 1.165) is 0 Å². The van der Waals surface area contributed by atoms with Crippen molar-refractivity contribution in [2.24, 2.45) is 0 Å². The van der Waals surface area contributed by atoms with E-state index in [9.17, 15) is 0 Å².